The van der Waals surface area contributed by atoms with Crippen molar-refractivity contribution in [1.29, 1.82) is 0 Å². The van der Waals surface area contributed by atoms with Crippen LogP contribution in [0.4, 0.5) is 13.2 Å². The summed E-state index contributed by atoms with van der Waals surface area (Å²) in [6, 6.07) is 5.30. The van der Waals surface area contributed by atoms with Crippen molar-refractivity contribution >= 4 is 6.08 Å². The summed E-state index contributed by atoms with van der Waals surface area (Å²) >= 11 is 0. The Morgan fingerprint density at radius 1 is 1.23 bits per heavy atom. The molecule has 68 valence electrons. The summed E-state index contributed by atoms with van der Waals surface area (Å²) in [5, 5.41) is 0. The fraction of sp³-hybridized carbons (Fsp3) is 0.100. The van der Waals surface area contributed by atoms with Crippen LogP contribution in [0.1, 0.15) is 11.1 Å². The van der Waals surface area contributed by atoms with E-state index in [1.165, 1.54) is 18.2 Å². The Bertz CT molecular complexity index is 343. The zero-order valence-electron chi connectivity index (χ0n) is 6.73. The predicted molar refractivity (Wildman–Crippen MR) is 45.0 cm³/mol. The summed E-state index contributed by atoms with van der Waals surface area (Å²) in [6.07, 6.45) is -3.10. The second-order valence-electron chi connectivity index (χ2n) is 2.43. The lowest BCUT2D eigenvalue weighted by Crippen LogP contribution is -2.06. The molecule has 0 aliphatic rings. The molecule has 0 spiro atoms. The third-order valence-electron chi connectivity index (χ3n) is 1.52. The van der Waals surface area contributed by atoms with Crippen LogP contribution >= 0.6 is 0 Å². The Morgan fingerprint density at radius 3 is 2.38 bits per heavy atom. The molecule has 1 aromatic rings. The van der Waals surface area contributed by atoms with Crippen LogP contribution in [0.2, 0.25) is 0 Å². The summed E-state index contributed by atoms with van der Waals surface area (Å²) in [5.41, 5.74) is 1.75. The van der Waals surface area contributed by atoms with Gasteiger partial charge < -0.3 is 0 Å². The van der Waals surface area contributed by atoms with Crippen LogP contribution in [0.5, 0.6) is 0 Å². The molecule has 0 nitrogen and oxygen atoms in total. The Labute approximate surface area is 74.0 Å². The van der Waals surface area contributed by atoms with Crippen molar-refractivity contribution in [2.45, 2.75) is 6.18 Å². The Balaban J connectivity index is 3.27. The average Bonchev–Trinajstić information content (AvgIpc) is 2.04. The summed E-state index contributed by atoms with van der Waals surface area (Å²) < 4.78 is 36.9. The van der Waals surface area contributed by atoms with Gasteiger partial charge >= 0.3 is 6.18 Å². The minimum atomic E-state index is -4.32. The maximum Gasteiger partial charge on any atom is 0.417 e. The molecule has 0 aliphatic carbocycles. The largest absolute Gasteiger partial charge is 0.417 e. The van der Waals surface area contributed by atoms with E-state index in [-0.39, 0.29) is 5.56 Å². The van der Waals surface area contributed by atoms with Crippen molar-refractivity contribution < 1.29 is 13.2 Å². The molecule has 0 heterocycles. The third-order valence-corrected chi connectivity index (χ3v) is 1.52. The molecule has 0 bridgehead atoms. The summed E-state index contributed by atoms with van der Waals surface area (Å²) in [7, 11) is 0. The van der Waals surface area contributed by atoms with Crippen LogP contribution in [0.15, 0.2) is 36.6 Å². The van der Waals surface area contributed by atoms with Crippen LogP contribution in [-0.2, 0) is 6.18 Å². The van der Waals surface area contributed by atoms with Gasteiger partial charge in [-0.15, -0.1) is 5.73 Å². The first-order valence-electron chi connectivity index (χ1n) is 3.58. The van der Waals surface area contributed by atoms with E-state index >= 15 is 0 Å². The van der Waals surface area contributed by atoms with E-state index < -0.39 is 11.7 Å². The molecule has 0 amide bonds. The fourth-order valence-corrected chi connectivity index (χ4v) is 0.991. The summed E-state index contributed by atoms with van der Waals surface area (Å²) in [4.78, 5) is 0. The second kappa shape index (κ2) is 3.50. The van der Waals surface area contributed by atoms with Gasteiger partial charge in [0, 0.05) is 0 Å². The fourth-order valence-electron chi connectivity index (χ4n) is 0.991. The maximum atomic E-state index is 12.3. The quantitative estimate of drug-likeness (QED) is 0.586. The summed E-state index contributed by atoms with van der Waals surface area (Å²) in [6.45, 7) is 3.23. The molecular formula is C10H7F3. The monoisotopic (exact) mass is 184 g/mol. The first-order valence-corrected chi connectivity index (χ1v) is 3.58. The van der Waals surface area contributed by atoms with Gasteiger partial charge in [0.05, 0.1) is 5.56 Å². The number of hydrogen-bond donors (Lipinski definition) is 0. The molecule has 13 heavy (non-hydrogen) atoms. The van der Waals surface area contributed by atoms with Gasteiger partial charge in [-0.05, 0) is 17.7 Å². The topological polar surface area (TPSA) is 0 Å². The van der Waals surface area contributed by atoms with Gasteiger partial charge in [0.15, 0.2) is 0 Å². The Kier molecular flexibility index (Phi) is 2.59. The number of alkyl halides is 3. The van der Waals surface area contributed by atoms with Gasteiger partial charge in [-0.2, -0.15) is 13.2 Å². The van der Waals surface area contributed by atoms with Gasteiger partial charge in [-0.25, -0.2) is 0 Å². The molecular weight excluding hydrogens is 177 g/mol. The van der Waals surface area contributed by atoms with Crippen LogP contribution in [0.3, 0.4) is 0 Å². The standard InChI is InChI=1S/C10H7F3/c1-2-5-8-6-3-4-7-9(8)10(11,12)13/h3-7H,1H2. The van der Waals surface area contributed by atoms with Gasteiger partial charge in [-0.3, -0.25) is 0 Å². The van der Waals surface area contributed by atoms with E-state index in [1.807, 2.05) is 0 Å². The Hall–Kier alpha value is -1.47. The van der Waals surface area contributed by atoms with Gasteiger partial charge in [0.25, 0.3) is 0 Å². The van der Waals surface area contributed by atoms with Crippen LogP contribution in [-0.4, -0.2) is 0 Å². The van der Waals surface area contributed by atoms with Crippen molar-refractivity contribution in [3.05, 3.63) is 47.7 Å². The highest BCUT2D eigenvalue weighted by Gasteiger charge is 2.32. The van der Waals surface area contributed by atoms with E-state index in [4.69, 9.17) is 0 Å². The molecule has 0 aromatic heterocycles. The molecule has 0 unspecified atom stereocenters. The molecule has 0 atom stereocenters. The van der Waals surface area contributed by atoms with Crippen molar-refractivity contribution in [1.82, 2.24) is 0 Å². The van der Waals surface area contributed by atoms with Crippen molar-refractivity contribution in [2.75, 3.05) is 0 Å². The summed E-state index contributed by atoms with van der Waals surface area (Å²) in [5.74, 6) is 0. The lowest BCUT2D eigenvalue weighted by Gasteiger charge is -2.08. The SMILES string of the molecule is C=C=Cc1ccccc1C(F)(F)F. The van der Waals surface area contributed by atoms with E-state index in [0.717, 1.165) is 6.07 Å². The number of hydrogen-bond acceptors (Lipinski definition) is 0. The minimum absolute atomic E-state index is 0.0880. The minimum Gasteiger partial charge on any atom is -0.166 e. The van der Waals surface area contributed by atoms with E-state index in [0.29, 0.717) is 0 Å². The molecule has 3 heteroatoms. The first-order chi connectivity index (χ1) is 6.05. The molecule has 0 radical (unpaired) electrons. The zero-order chi connectivity index (χ0) is 9.90. The van der Waals surface area contributed by atoms with E-state index in [9.17, 15) is 13.2 Å². The van der Waals surface area contributed by atoms with Crippen molar-refractivity contribution in [2.24, 2.45) is 0 Å². The molecule has 1 rings (SSSR count). The molecule has 0 saturated carbocycles. The number of halogens is 3. The molecule has 0 fully saturated rings. The highest BCUT2D eigenvalue weighted by Crippen LogP contribution is 2.32. The van der Waals surface area contributed by atoms with Crippen LogP contribution < -0.4 is 0 Å². The van der Waals surface area contributed by atoms with E-state index in [1.54, 1.807) is 6.07 Å². The smallest absolute Gasteiger partial charge is 0.166 e. The normalized spacial score (nSPS) is 10.7. The molecule has 1 aromatic carbocycles. The van der Waals surface area contributed by atoms with Gasteiger partial charge in [0.1, 0.15) is 0 Å². The van der Waals surface area contributed by atoms with Crippen LogP contribution in [0, 0.1) is 0 Å². The number of rotatable bonds is 1. The van der Waals surface area contributed by atoms with E-state index in [2.05, 4.69) is 12.3 Å². The van der Waals surface area contributed by atoms with Gasteiger partial charge in [0.2, 0.25) is 0 Å². The van der Waals surface area contributed by atoms with Gasteiger partial charge in [-0.1, -0.05) is 24.8 Å². The molecule has 0 saturated heterocycles. The maximum absolute atomic E-state index is 12.3. The number of benzene rings is 1. The van der Waals surface area contributed by atoms with Crippen molar-refractivity contribution in [3.8, 4) is 0 Å². The lowest BCUT2D eigenvalue weighted by molar-refractivity contribution is -0.137. The lowest BCUT2D eigenvalue weighted by atomic mass is 10.1. The predicted octanol–water partition coefficient (Wildman–Crippen LogP) is 3.50. The zero-order valence-corrected chi connectivity index (χ0v) is 6.73. The highest BCUT2D eigenvalue weighted by molar-refractivity contribution is 5.53. The first kappa shape index (κ1) is 9.62. The van der Waals surface area contributed by atoms with Crippen molar-refractivity contribution in [3.63, 3.8) is 0 Å². The van der Waals surface area contributed by atoms with Crippen LogP contribution in [0.25, 0.3) is 6.08 Å². The molecule has 0 N–H and O–H groups in total. The average molecular weight is 184 g/mol. The highest BCUT2D eigenvalue weighted by atomic mass is 19.4. The third kappa shape index (κ3) is 2.23. The second-order valence-corrected chi connectivity index (χ2v) is 2.43. The Morgan fingerprint density at radius 2 is 1.85 bits per heavy atom. The molecule has 0 aliphatic heterocycles.